The molecule has 1 fully saturated rings. The normalized spacial score (nSPS) is 14.8. The number of furan rings is 1. The molecule has 0 spiro atoms. The lowest BCUT2D eigenvalue weighted by Crippen LogP contribution is -2.48. The Bertz CT molecular complexity index is 1110. The van der Waals surface area contributed by atoms with E-state index in [1.165, 1.54) is 12.0 Å². The summed E-state index contributed by atoms with van der Waals surface area (Å²) in [7, 11) is 0. The Balaban J connectivity index is 1.39. The van der Waals surface area contributed by atoms with Crippen LogP contribution in [0.25, 0.3) is 22.3 Å². The number of nitrogens with zero attached hydrogens (tertiary/aromatic N) is 4. The van der Waals surface area contributed by atoms with E-state index in [1.807, 2.05) is 47.4 Å². The molecule has 27 heavy (non-hydrogen) atoms. The number of hydrogen-bond acceptors (Lipinski definition) is 5. The van der Waals surface area contributed by atoms with Gasteiger partial charge in [-0.2, -0.15) is 0 Å². The number of benzene rings is 2. The summed E-state index contributed by atoms with van der Waals surface area (Å²) in [5.41, 5.74) is 4.13. The highest BCUT2D eigenvalue weighted by Crippen LogP contribution is 2.23. The standard InChI is InChI=1S/C21H18N4O2/c26-21(25-12-10-24(11-13-25)15-6-2-1-3-7-15)16-14-27-20-19(16)22-17-8-4-5-9-18(17)23-20/h1-9,14H,10-13H2. The second kappa shape index (κ2) is 6.39. The first-order valence-electron chi connectivity index (χ1n) is 9.03. The number of para-hydroxylation sites is 3. The predicted molar refractivity (Wildman–Crippen MR) is 104 cm³/mol. The third-order valence-electron chi connectivity index (χ3n) is 5.00. The van der Waals surface area contributed by atoms with Crippen LogP contribution in [0.4, 0.5) is 5.69 Å². The van der Waals surface area contributed by atoms with Gasteiger partial charge in [0.2, 0.25) is 5.71 Å². The number of fused-ring (bicyclic) bond motifs is 2. The topological polar surface area (TPSA) is 62.5 Å². The molecule has 4 aromatic rings. The van der Waals surface area contributed by atoms with Crippen LogP contribution in [0.5, 0.6) is 0 Å². The van der Waals surface area contributed by atoms with E-state index >= 15 is 0 Å². The number of rotatable bonds is 2. The van der Waals surface area contributed by atoms with Gasteiger partial charge in [0.1, 0.15) is 17.3 Å². The van der Waals surface area contributed by atoms with Crippen molar-refractivity contribution >= 4 is 33.9 Å². The summed E-state index contributed by atoms with van der Waals surface area (Å²) in [6.07, 6.45) is 1.48. The average Bonchev–Trinajstić information content (AvgIpc) is 3.15. The van der Waals surface area contributed by atoms with Crippen LogP contribution in [0.2, 0.25) is 0 Å². The molecule has 1 aliphatic rings. The lowest BCUT2D eigenvalue weighted by Gasteiger charge is -2.36. The highest BCUT2D eigenvalue weighted by atomic mass is 16.3. The molecule has 0 unspecified atom stereocenters. The van der Waals surface area contributed by atoms with E-state index in [9.17, 15) is 4.79 Å². The summed E-state index contributed by atoms with van der Waals surface area (Å²) >= 11 is 0. The molecule has 2 aromatic carbocycles. The minimum atomic E-state index is -0.0500. The zero-order valence-electron chi connectivity index (χ0n) is 14.7. The van der Waals surface area contributed by atoms with E-state index in [1.54, 1.807) is 0 Å². The van der Waals surface area contributed by atoms with Crippen molar-refractivity contribution in [3.05, 3.63) is 66.4 Å². The molecule has 0 aliphatic carbocycles. The van der Waals surface area contributed by atoms with Crippen LogP contribution in [0, 0.1) is 0 Å². The molecular weight excluding hydrogens is 340 g/mol. The first kappa shape index (κ1) is 15.8. The summed E-state index contributed by atoms with van der Waals surface area (Å²) in [6, 6.07) is 17.9. The van der Waals surface area contributed by atoms with Crippen LogP contribution in [-0.2, 0) is 0 Å². The first-order valence-corrected chi connectivity index (χ1v) is 9.03. The third-order valence-corrected chi connectivity index (χ3v) is 5.00. The second-order valence-electron chi connectivity index (χ2n) is 6.63. The number of carbonyl (C=O) groups excluding carboxylic acids is 1. The number of piperazine rings is 1. The number of aromatic nitrogens is 2. The van der Waals surface area contributed by atoms with Crippen molar-refractivity contribution in [1.82, 2.24) is 14.9 Å². The fourth-order valence-electron chi connectivity index (χ4n) is 3.54. The van der Waals surface area contributed by atoms with Crippen LogP contribution in [-0.4, -0.2) is 47.0 Å². The molecule has 0 N–H and O–H groups in total. The van der Waals surface area contributed by atoms with Gasteiger partial charge >= 0.3 is 0 Å². The van der Waals surface area contributed by atoms with E-state index < -0.39 is 0 Å². The minimum Gasteiger partial charge on any atom is -0.444 e. The van der Waals surface area contributed by atoms with E-state index in [0.29, 0.717) is 29.9 Å². The SMILES string of the molecule is O=C(c1coc2nc3ccccc3nc12)N1CCN(c2ccccc2)CC1. The Hall–Kier alpha value is -3.41. The average molecular weight is 358 g/mol. The van der Waals surface area contributed by atoms with Gasteiger partial charge in [0.15, 0.2) is 0 Å². The highest BCUT2D eigenvalue weighted by Gasteiger charge is 2.26. The van der Waals surface area contributed by atoms with Crippen molar-refractivity contribution < 1.29 is 9.21 Å². The zero-order valence-corrected chi connectivity index (χ0v) is 14.7. The van der Waals surface area contributed by atoms with E-state index in [-0.39, 0.29) is 5.91 Å². The monoisotopic (exact) mass is 358 g/mol. The lowest BCUT2D eigenvalue weighted by atomic mass is 10.2. The van der Waals surface area contributed by atoms with Crippen molar-refractivity contribution in [3.63, 3.8) is 0 Å². The molecule has 6 heteroatoms. The maximum atomic E-state index is 13.0. The summed E-state index contributed by atoms with van der Waals surface area (Å²) in [4.78, 5) is 26.3. The maximum absolute atomic E-state index is 13.0. The molecular formula is C21H18N4O2. The number of amides is 1. The van der Waals surface area contributed by atoms with Gasteiger partial charge in [-0.05, 0) is 24.3 Å². The van der Waals surface area contributed by atoms with Gasteiger partial charge in [0, 0.05) is 31.9 Å². The second-order valence-corrected chi connectivity index (χ2v) is 6.63. The van der Waals surface area contributed by atoms with Gasteiger partial charge in [0.25, 0.3) is 5.91 Å². The lowest BCUT2D eigenvalue weighted by molar-refractivity contribution is 0.0747. The van der Waals surface area contributed by atoms with Crippen molar-refractivity contribution in [1.29, 1.82) is 0 Å². The van der Waals surface area contributed by atoms with Gasteiger partial charge in [-0.15, -0.1) is 0 Å². The summed E-state index contributed by atoms with van der Waals surface area (Å²) < 4.78 is 5.53. The minimum absolute atomic E-state index is 0.0500. The summed E-state index contributed by atoms with van der Waals surface area (Å²) in [5, 5.41) is 0. The molecule has 1 aliphatic heterocycles. The molecule has 2 aromatic heterocycles. The Kier molecular flexibility index (Phi) is 3.74. The molecule has 0 radical (unpaired) electrons. The van der Waals surface area contributed by atoms with Crippen LogP contribution in [0.3, 0.4) is 0 Å². The highest BCUT2D eigenvalue weighted by molar-refractivity contribution is 6.05. The Labute approximate surface area is 156 Å². The predicted octanol–water partition coefficient (Wildman–Crippen LogP) is 3.34. The smallest absolute Gasteiger partial charge is 0.259 e. The Morgan fingerprint density at radius 2 is 1.52 bits per heavy atom. The fourth-order valence-corrected chi connectivity index (χ4v) is 3.54. The third kappa shape index (κ3) is 2.79. The maximum Gasteiger partial charge on any atom is 0.259 e. The largest absolute Gasteiger partial charge is 0.444 e. The first-order chi connectivity index (χ1) is 13.3. The van der Waals surface area contributed by atoms with Gasteiger partial charge in [-0.3, -0.25) is 4.79 Å². The molecule has 5 rings (SSSR count). The Morgan fingerprint density at radius 1 is 0.852 bits per heavy atom. The van der Waals surface area contributed by atoms with Gasteiger partial charge in [-0.1, -0.05) is 30.3 Å². The molecule has 6 nitrogen and oxygen atoms in total. The van der Waals surface area contributed by atoms with E-state index in [0.717, 1.165) is 24.1 Å². The van der Waals surface area contributed by atoms with Crippen molar-refractivity contribution in [3.8, 4) is 0 Å². The molecule has 0 atom stereocenters. The van der Waals surface area contributed by atoms with Gasteiger partial charge < -0.3 is 14.2 Å². The molecule has 0 saturated carbocycles. The van der Waals surface area contributed by atoms with E-state index in [4.69, 9.17) is 4.42 Å². The van der Waals surface area contributed by atoms with Crippen LogP contribution in [0.15, 0.2) is 65.3 Å². The summed E-state index contributed by atoms with van der Waals surface area (Å²) in [6.45, 7) is 2.95. The molecule has 134 valence electrons. The van der Waals surface area contributed by atoms with E-state index in [2.05, 4.69) is 27.0 Å². The van der Waals surface area contributed by atoms with Crippen LogP contribution >= 0.6 is 0 Å². The number of carbonyl (C=O) groups is 1. The van der Waals surface area contributed by atoms with Crippen molar-refractivity contribution in [2.75, 3.05) is 31.1 Å². The van der Waals surface area contributed by atoms with Crippen molar-refractivity contribution in [2.45, 2.75) is 0 Å². The molecule has 3 heterocycles. The van der Waals surface area contributed by atoms with Gasteiger partial charge in [-0.25, -0.2) is 9.97 Å². The van der Waals surface area contributed by atoms with Gasteiger partial charge in [0.05, 0.1) is 11.0 Å². The zero-order chi connectivity index (χ0) is 18.2. The molecule has 1 saturated heterocycles. The Morgan fingerprint density at radius 3 is 2.26 bits per heavy atom. The molecule has 1 amide bonds. The number of anilines is 1. The van der Waals surface area contributed by atoms with Crippen LogP contribution in [0.1, 0.15) is 10.4 Å². The van der Waals surface area contributed by atoms with Crippen molar-refractivity contribution in [2.24, 2.45) is 0 Å². The number of hydrogen-bond donors (Lipinski definition) is 0. The fraction of sp³-hybridized carbons (Fsp3) is 0.190. The summed E-state index contributed by atoms with van der Waals surface area (Å²) in [5.74, 6) is -0.0500. The quantitative estimate of drug-likeness (QED) is 0.550. The molecule has 0 bridgehead atoms. The van der Waals surface area contributed by atoms with Crippen LogP contribution < -0.4 is 4.90 Å².